The second kappa shape index (κ2) is 9.09. The first-order valence-corrected chi connectivity index (χ1v) is 10.6. The molecule has 1 aromatic heterocycles. The average Bonchev–Trinajstić information content (AvgIpc) is 2.93. The molecule has 0 radical (unpaired) electrons. The van der Waals surface area contributed by atoms with Gasteiger partial charge in [-0.25, -0.2) is 8.42 Å². The van der Waals surface area contributed by atoms with Crippen LogP contribution in [0.1, 0.15) is 28.7 Å². The summed E-state index contributed by atoms with van der Waals surface area (Å²) in [5, 5.41) is 0.281. The van der Waals surface area contributed by atoms with E-state index in [9.17, 15) is 18.0 Å². The number of ether oxygens (including phenoxy) is 1. The summed E-state index contributed by atoms with van der Waals surface area (Å²) in [5.74, 6) is -1.23. The van der Waals surface area contributed by atoms with Crippen LogP contribution >= 0.6 is 23.2 Å². The molecular formula is C18H20Cl2N2O5S. The van der Waals surface area contributed by atoms with Crippen LogP contribution in [0.25, 0.3) is 0 Å². The fourth-order valence-electron chi connectivity index (χ4n) is 2.73. The zero-order valence-electron chi connectivity index (χ0n) is 15.6. The minimum atomic E-state index is -3.98. The predicted molar refractivity (Wildman–Crippen MR) is 107 cm³/mol. The first kappa shape index (κ1) is 22.4. The van der Waals surface area contributed by atoms with Gasteiger partial charge in [0.1, 0.15) is 6.54 Å². The number of halogens is 2. The van der Waals surface area contributed by atoms with Crippen molar-refractivity contribution in [3.8, 4) is 0 Å². The average molecular weight is 447 g/mol. The summed E-state index contributed by atoms with van der Waals surface area (Å²) < 4.78 is 33.3. The quantitative estimate of drug-likeness (QED) is 0.496. The fraction of sp³-hybridized carbons (Fsp3) is 0.333. The molecule has 1 heterocycles. The molecule has 0 aliphatic carbocycles. The molecule has 0 bridgehead atoms. The van der Waals surface area contributed by atoms with Gasteiger partial charge in [0.05, 0.1) is 14.9 Å². The Morgan fingerprint density at radius 3 is 2.39 bits per heavy atom. The number of esters is 1. The summed E-state index contributed by atoms with van der Waals surface area (Å²) in [5.41, 5.74) is 2.20. The third kappa shape index (κ3) is 5.14. The lowest BCUT2D eigenvalue weighted by Crippen LogP contribution is -2.31. The maximum absolute atomic E-state index is 12.3. The Balaban J connectivity index is 1.93. The highest BCUT2D eigenvalue weighted by Crippen LogP contribution is 2.24. The molecule has 0 atom stereocenters. The van der Waals surface area contributed by atoms with E-state index in [4.69, 9.17) is 27.9 Å². The van der Waals surface area contributed by atoms with Gasteiger partial charge >= 0.3 is 5.97 Å². The Kier molecular flexibility index (Phi) is 7.28. The molecule has 0 aliphatic rings. The molecular weight excluding hydrogens is 427 g/mol. The van der Waals surface area contributed by atoms with Crippen LogP contribution in [0.3, 0.4) is 0 Å². The summed E-state index contributed by atoms with van der Waals surface area (Å²) in [4.78, 5) is 24.0. The Hall–Kier alpha value is -1.87. The van der Waals surface area contributed by atoms with E-state index in [0.717, 1.165) is 17.9 Å². The summed E-state index contributed by atoms with van der Waals surface area (Å²) in [6.45, 7) is 5.30. The smallest absolute Gasteiger partial charge is 0.321 e. The van der Waals surface area contributed by atoms with Crippen molar-refractivity contribution in [2.24, 2.45) is 0 Å². The Bertz CT molecular complexity index is 1020. The Labute approximate surface area is 173 Å². The number of aryl methyl sites for hydroxylation is 1. The lowest BCUT2D eigenvalue weighted by Gasteiger charge is -2.08. The SMILES string of the molecule is CCn1c(C)cc(C(=O)COC(=O)CNS(=O)(=O)c2ccc(Cl)c(Cl)c2)c1C. The number of carbonyl (C=O) groups is 2. The van der Waals surface area contributed by atoms with E-state index in [2.05, 4.69) is 4.72 Å². The minimum absolute atomic E-state index is 0.0717. The van der Waals surface area contributed by atoms with Crippen molar-refractivity contribution >= 4 is 45.0 Å². The van der Waals surface area contributed by atoms with E-state index >= 15 is 0 Å². The molecule has 0 unspecified atom stereocenters. The van der Waals surface area contributed by atoms with Crippen LogP contribution in [-0.4, -0.2) is 37.9 Å². The van der Waals surface area contributed by atoms with Gasteiger partial charge in [-0.2, -0.15) is 4.72 Å². The molecule has 1 N–H and O–H groups in total. The maximum Gasteiger partial charge on any atom is 0.321 e. The van der Waals surface area contributed by atoms with E-state index in [1.54, 1.807) is 6.07 Å². The molecule has 0 saturated heterocycles. The number of sulfonamides is 1. The van der Waals surface area contributed by atoms with Gasteiger partial charge in [0, 0.05) is 23.5 Å². The molecule has 1 aromatic carbocycles. The molecule has 0 saturated carbocycles. The van der Waals surface area contributed by atoms with Crippen LogP contribution in [0.5, 0.6) is 0 Å². The van der Waals surface area contributed by atoms with Crippen LogP contribution in [0.4, 0.5) is 0 Å². The normalized spacial score (nSPS) is 11.5. The third-order valence-electron chi connectivity index (χ3n) is 4.16. The number of aromatic nitrogens is 1. The molecule has 10 heteroatoms. The van der Waals surface area contributed by atoms with Gasteiger partial charge in [-0.1, -0.05) is 23.2 Å². The van der Waals surface area contributed by atoms with Crippen molar-refractivity contribution in [1.29, 1.82) is 0 Å². The number of hydrogen-bond acceptors (Lipinski definition) is 5. The van der Waals surface area contributed by atoms with Gasteiger partial charge in [0.2, 0.25) is 15.8 Å². The van der Waals surface area contributed by atoms with Crippen molar-refractivity contribution in [1.82, 2.24) is 9.29 Å². The molecule has 0 amide bonds. The van der Waals surface area contributed by atoms with E-state index in [0.29, 0.717) is 5.56 Å². The van der Waals surface area contributed by atoms with Crippen LogP contribution in [-0.2, 0) is 26.1 Å². The zero-order chi connectivity index (χ0) is 21.1. The van der Waals surface area contributed by atoms with E-state index in [1.807, 2.05) is 25.3 Å². The number of nitrogens with zero attached hydrogens (tertiary/aromatic N) is 1. The van der Waals surface area contributed by atoms with Crippen LogP contribution in [0.2, 0.25) is 10.0 Å². The highest BCUT2D eigenvalue weighted by Gasteiger charge is 2.19. The summed E-state index contributed by atoms with van der Waals surface area (Å²) in [6, 6.07) is 5.50. The van der Waals surface area contributed by atoms with Gasteiger partial charge in [-0.3, -0.25) is 9.59 Å². The number of ketones is 1. The van der Waals surface area contributed by atoms with Crippen LogP contribution < -0.4 is 4.72 Å². The topological polar surface area (TPSA) is 94.5 Å². The van der Waals surface area contributed by atoms with E-state index < -0.39 is 29.1 Å². The first-order valence-electron chi connectivity index (χ1n) is 8.37. The second-order valence-corrected chi connectivity index (χ2v) is 8.59. The second-order valence-electron chi connectivity index (χ2n) is 6.01. The number of Topliss-reactive ketones (excluding diaryl/α,β-unsaturated/α-hetero) is 1. The lowest BCUT2D eigenvalue weighted by atomic mass is 10.1. The standard InChI is InChI=1S/C18H20Cl2N2O5S/c1-4-22-11(2)7-14(12(22)3)17(23)10-27-18(24)9-21-28(25,26)13-5-6-15(19)16(20)8-13/h5-8,21H,4,9-10H2,1-3H3. The van der Waals surface area contributed by atoms with Crippen molar-refractivity contribution in [3.63, 3.8) is 0 Å². The molecule has 2 aromatic rings. The zero-order valence-corrected chi connectivity index (χ0v) is 17.9. The number of carbonyl (C=O) groups excluding carboxylic acids is 2. The van der Waals surface area contributed by atoms with Crippen molar-refractivity contribution in [3.05, 3.63) is 51.3 Å². The summed E-state index contributed by atoms with van der Waals surface area (Å²) >= 11 is 11.6. The number of benzene rings is 1. The summed E-state index contributed by atoms with van der Waals surface area (Å²) in [7, 11) is -3.98. The molecule has 0 aliphatic heterocycles. The number of nitrogens with one attached hydrogen (secondary N) is 1. The van der Waals surface area contributed by atoms with Gasteiger partial charge < -0.3 is 9.30 Å². The van der Waals surface area contributed by atoms with Gasteiger partial charge in [-0.15, -0.1) is 0 Å². The predicted octanol–water partition coefficient (Wildman–Crippen LogP) is 3.14. The number of rotatable bonds is 8. The van der Waals surface area contributed by atoms with E-state index in [1.165, 1.54) is 18.2 Å². The van der Waals surface area contributed by atoms with Crippen LogP contribution in [0, 0.1) is 13.8 Å². The molecule has 2 rings (SSSR count). The monoisotopic (exact) mass is 446 g/mol. The highest BCUT2D eigenvalue weighted by atomic mass is 35.5. The minimum Gasteiger partial charge on any atom is -0.456 e. The van der Waals surface area contributed by atoms with Crippen molar-refractivity contribution < 1.29 is 22.7 Å². The van der Waals surface area contributed by atoms with Gasteiger partial charge in [-0.05, 0) is 45.0 Å². The fourth-order valence-corrected chi connectivity index (χ4v) is 4.08. The van der Waals surface area contributed by atoms with E-state index in [-0.39, 0.29) is 20.7 Å². The Morgan fingerprint density at radius 2 is 1.82 bits per heavy atom. The molecule has 0 fully saturated rings. The largest absolute Gasteiger partial charge is 0.456 e. The van der Waals surface area contributed by atoms with Crippen molar-refractivity contribution in [2.75, 3.05) is 13.2 Å². The maximum atomic E-state index is 12.3. The molecule has 0 spiro atoms. The third-order valence-corrected chi connectivity index (χ3v) is 6.30. The van der Waals surface area contributed by atoms with Crippen molar-refractivity contribution in [2.45, 2.75) is 32.2 Å². The highest BCUT2D eigenvalue weighted by molar-refractivity contribution is 7.89. The first-order chi connectivity index (χ1) is 13.1. The summed E-state index contributed by atoms with van der Waals surface area (Å²) in [6.07, 6.45) is 0. The number of hydrogen-bond donors (Lipinski definition) is 1. The van der Waals surface area contributed by atoms with Gasteiger partial charge in [0.25, 0.3) is 0 Å². The molecule has 28 heavy (non-hydrogen) atoms. The van der Waals surface area contributed by atoms with Crippen LogP contribution in [0.15, 0.2) is 29.2 Å². The molecule has 152 valence electrons. The van der Waals surface area contributed by atoms with Gasteiger partial charge in [0.15, 0.2) is 6.61 Å². The lowest BCUT2D eigenvalue weighted by molar-refractivity contribution is -0.141. The molecule has 7 nitrogen and oxygen atoms in total. The Morgan fingerprint density at radius 1 is 1.14 bits per heavy atom.